The van der Waals surface area contributed by atoms with Crippen molar-refractivity contribution in [1.82, 2.24) is 0 Å². The van der Waals surface area contributed by atoms with Gasteiger partial charge in [0.15, 0.2) is 0 Å². The number of methoxy groups -OCH3 is 2. The molecule has 0 bridgehead atoms. The highest BCUT2D eigenvalue weighted by molar-refractivity contribution is 6.28. The van der Waals surface area contributed by atoms with Gasteiger partial charge in [0.05, 0.1) is 20.8 Å². The molecule has 0 saturated carbocycles. The standard InChI is InChI=1S/C28H28O6/c1-4-34-25(29)22-20(17-11-14-18-12-7-5-8-13-18)21(22)24-23(19-15-9-6-10-16-19)28(24,26(30)32-2)27(31)33-3/h5-10,12-13,15-16,22H,4,11,14,17H2,1-3H3. The average molecular weight is 461 g/mol. The monoisotopic (exact) mass is 460 g/mol. The molecule has 0 saturated heterocycles. The summed E-state index contributed by atoms with van der Waals surface area (Å²) in [7, 11) is 2.49. The second kappa shape index (κ2) is 9.67. The molecule has 6 heteroatoms. The summed E-state index contributed by atoms with van der Waals surface area (Å²) in [6.07, 6.45) is 2.35. The van der Waals surface area contributed by atoms with Crippen molar-refractivity contribution in [2.45, 2.75) is 26.2 Å². The van der Waals surface area contributed by atoms with Gasteiger partial charge in [0, 0.05) is 0 Å². The summed E-state index contributed by atoms with van der Waals surface area (Å²) in [5.74, 6) is -2.33. The fraction of sp³-hybridized carbons (Fsp3) is 0.321. The van der Waals surface area contributed by atoms with Gasteiger partial charge in [-0.2, -0.15) is 0 Å². The van der Waals surface area contributed by atoms with Gasteiger partial charge in [-0.25, -0.2) is 0 Å². The van der Waals surface area contributed by atoms with Crippen molar-refractivity contribution in [2.24, 2.45) is 11.3 Å². The quantitative estimate of drug-likeness (QED) is 0.299. The molecule has 0 spiro atoms. The molecule has 1 unspecified atom stereocenters. The van der Waals surface area contributed by atoms with Crippen LogP contribution in [0.4, 0.5) is 0 Å². The zero-order valence-corrected chi connectivity index (χ0v) is 19.6. The molecule has 0 aliphatic heterocycles. The topological polar surface area (TPSA) is 78.9 Å². The number of rotatable bonds is 10. The number of aryl methyl sites for hydroxylation is 1. The van der Waals surface area contributed by atoms with E-state index in [9.17, 15) is 14.4 Å². The van der Waals surface area contributed by atoms with E-state index in [1.54, 1.807) is 6.92 Å². The molecule has 2 aromatic rings. The summed E-state index contributed by atoms with van der Waals surface area (Å²) in [5.41, 5.74) is 2.95. The molecule has 176 valence electrons. The summed E-state index contributed by atoms with van der Waals surface area (Å²) < 4.78 is 15.4. The van der Waals surface area contributed by atoms with Crippen LogP contribution in [0.15, 0.2) is 77.4 Å². The number of esters is 3. The predicted octanol–water partition coefficient (Wildman–Crippen LogP) is 4.30. The Morgan fingerprint density at radius 2 is 1.41 bits per heavy atom. The van der Waals surface area contributed by atoms with Crippen molar-refractivity contribution in [1.29, 1.82) is 0 Å². The predicted molar refractivity (Wildman–Crippen MR) is 126 cm³/mol. The maximum Gasteiger partial charge on any atom is 0.332 e. The van der Waals surface area contributed by atoms with Gasteiger partial charge < -0.3 is 14.2 Å². The van der Waals surface area contributed by atoms with E-state index in [-0.39, 0.29) is 12.6 Å². The molecule has 2 aliphatic carbocycles. The van der Waals surface area contributed by atoms with Crippen LogP contribution in [-0.4, -0.2) is 38.7 Å². The van der Waals surface area contributed by atoms with Gasteiger partial charge in [0.1, 0.15) is 5.92 Å². The minimum Gasteiger partial charge on any atom is -0.468 e. The van der Waals surface area contributed by atoms with E-state index in [4.69, 9.17) is 14.2 Å². The Labute approximate surface area is 199 Å². The Bertz CT molecular complexity index is 1140. The van der Waals surface area contributed by atoms with Gasteiger partial charge in [0.2, 0.25) is 5.41 Å². The molecule has 0 aromatic heterocycles. The van der Waals surface area contributed by atoms with E-state index in [0.29, 0.717) is 23.1 Å². The Kier molecular flexibility index (Phi) is 6.68. The summed E-state index contributed by atoms with van der Waals surface area (Å²) in [6, 6.07) is 19.3. The zero-order chi connectivity index (χ0) is 24.3. The van der Waals surface area contributed by atoms with Crippen LogP contribution in [0.5, 0.6) is 0 Å². The molecule has 4 rings (SSSR count). The van der Waals surface area contributed by atoms with E-state index in [0.717, 1.165) is 24.0 Å². The lowest BCUT2D eigenvalue weighted by Crippen LogP contribution is -2.33. The van der Waals surface area contributed by atoms with Gasteiger partial charge in [-0.05, 0) is 59.6 Å². The maximum absolute atomic E-state index is 13.0. The molecule has 6 nitrogen and oxygen atoms in total. The minimum atomic E-state index is -1.66. The Balaban J connectivity index is 1.72. The summed E-state index contributed by atoms with van der Waals surface area (Å²) >= 11 is 0. The lowest BCUT2D eigenvalue weighted by molar-refractivity contribution is -0.159. The molecule has 0 N–H and O–H groups in total. The van der Waals surface area contributed by atoms with Crippen LogP contribution in [0.3, 0.4) is 0 Å². The third-order valence-electron chi connectivity index (χ3n) is 6.43. The summed E-state index contributed by atoms with van der Waals surface area (Å²) in [4.78, 5) is 38.9. The lowest BCUT2D eigenvalue weighted by atomic mass is 9.93. The first-order valence-corrected chi connectivity index (χ1v) is 11.4. The van der Waals surface area contributed by atoms with Gasteiger partial charge in [-0.15, -0.1) is 0 Å². The number of ether oxygens (including phenoxy) is 3. The van der Waals surface area contributed by atoms with Crippen molar-refractivity contribution in [3.63, 3.8) is 0 Å². The molecule has 0 amide bonds. The molecule has 0 radical (unpaired) electrons. The van der Waals surface area contributed by atoms with Gasteiger partial charge >= 0.3 is 17.9 Å². The third kappa shape index (κ3) is 3.94. The van der Waals surface area contributed by atoms with E-state index in [1.165, 1.54) is 19.8 Å². The van der Waals surface area contributed by atoms with Crippen molar-refractivity contribution in [3.05, 3.63) is 88.5 Å². The Hall–Kier alpha value is -3.67. The van der Waals surface area contributed by atoms with Gasteiger partial charge in [0.25, 0.3) is 0 Å². The first-order chi connectivity index (χ1) is 16.5. The molecule has 34 heavy (non-hydrogen) atoms. The van der Waals surface area contributed by atoms with Crippen molar-refractivity contribution in [3.8, 4) is 0 Å². The minimum absolute atomic E-state index is 0.254. The highest BCUT2D eigenvalue weighted by Gasteiger charge is 2.71. The van der Waals surface area contributed by atoms with E-state index >= 15 is 0 Å². The molecule has 1 atom stereocenters. The first-order valence-electron chi connectivity index (χ1n) is 11.4. The molecular weight excluding hydrogens is 432 g/mol. The van der Waals surface area contributed by atoms with Crippen LogP contribution in [0.1, 0.15) is 30.9 Å². The normalized spacial score (nSPS) is 17.8. The van der Waals surface area contributed by atoms with Crippen LogP contribution in [0.2, 0.25) is 0 Å². The molecule has 0 fully saturated rings. The smallest absolute Gasteiger partial charge is 0.332 e. The van der Waals surface area contributed by atoms with Crippen LogP contribution < -0.4 is 0 Å². The van der Waals surface area contributed by atoms with Gasteiger partial charge in [-0.1, -0.05) is 60.7 Å². The number of benzene rings is 2. The molecular formula is C28H28O6. The molecule has 2 aliphatic rings. The largest absolute Gasteiger partial charge is 0.468 e. The van der Waals surface area contributed by atoms with Gasteiger partial charge in [-0.3, -0.25) is 14.4 Å². The number of carbonyl (C=O) groups excluding carboxylic acids is 3. The zero-order valence-electron chi connectivity index (χ0n) is 19.6. The molecule has 2 aromatic carbocycles. The Morgan fingerprint density at radius 1 is 0.824 bits per heavy atom. The summed E-state index contributed by atoms with van der Waals surface area (Å²) in [6.45, 7) is 2.01. The van der Waals surface area contributed by atoms with Crippen LogP contribution >= 0.6 is 0 Å². The van der Waals surface area contributed by atoms with E-state index < -0.39 is 23.3 Å². The fourth-order valence-electron chi connectivity index (χ4n) is 4.85. The van der Waals surface area contributed by atoms with Crippen molar-refractivity contribution >= 4 is 23.5 Å². The van der Waals surface area contributed by atoms with Crippen molar-refractivity contribution < 1.29 is 28.6 Å². The second-order valence-corrected chi connectivity index (χ2v) is 8.31. The number of carbonyl (C=O) groups is 3. The SMILES string of the molecule is CCOC(=O)C1C(CCCc2ccccc2)=C1C1=C(c2ccccc2)C1(C(=O)OC)C(=O)OC. The molecule has 0 heterocycles. The van der Waals surface area contributed by atoms with Crippen LogP contribution in [0, 0.1) is 11.3 Å². The summed E-state index contributed by atoms with van der Waals surface area (Å²) in [5, 5.41) is 0. The van der Waals surface area contributed by atoms with E-state index in [1.807, 2.05) is 48.5 Å². The highest BCUT2D eigenvalue weighted by Crippen LogP contribution is 2.69. The lowest BCUT2D eigenvalue weighted by Gasteiger charge is -2.15. The first kappa shape index (κ1) is 23.5. The van der Waals surface area contributed by atoms with Crippen LogP contribution in [0.25, 0.3) is 5.57 Å². The maximum atomic E-state index is 13.0. The Morgan fingerprint density at radius 3 is 1.97 bits per heavy atom. The fourth-order valence-corrected chi connectivity index (χ4v) is 4.85. The second-order valence-electron chi connectivity index (χ2n) is 8.31. The average Bonchev–Trinajstić information content (AvgIpc) is 3.76. The van der Waals surface area contributed by atoms with E-state index in [2.05, 4.69) is 12.1 Å². The third-order valence-corrected chi connectivity index (χ3v) is 6.43. The number of hydrogen-bond acceptors (Lipinski definition) is 6. The number of hydrogen-bond donors (Lipinski definition) is 0. The van der Waals surface area contributed by atoms with Crippen LogP contribution in [-0.2, 0) is 35.0 Å². The van der Waals surface area contributed by atoms with Crippen molar-refractivity contribution in [2.75, 3.05) is 20.8 Å². The highest BCUT2D eigenvalue weighted by atomic mass is 16.5.